The van der Waals surface area contributed by atoms with Gasteiger partial charge < -0.3 is 15.6 Å². The van der Waals surface area contributed by atoms with Crippen LogP contribution in [0.25, 0.3) is 0 Å². The van der Waals surface area contributed by atoms with E-state index < -0.39 is 6.04 Å². The van der Waals surface area contributed by atoms with E-state index in [1.165, 1.54) is 6.07 Å². The number of nitrogens with one attached hydrogen (secondary N) is 1. The van der Waals surface area contributed by atoms with E-state index in [0.717, 1.165) is 5.56 Å². The molecule has 0 aliphatic heterocycles. The summed E-state index contributed by atoms with van der Waals surface area (Å²) in [6.45, 7) is 0. The zero-order valence-electron chi connectivity index (χ0n) is 13.8. The zero-order valence-corrected chi connectivity index (χ0v) is 13.8. The maximum Gasteiger partial charge on any atom is 0.225 e. The maximum atomic E-state index is 14.3. The first-order valence-corrected chi connectivity index (χ1v) is 7.90. The topological polar surface area (TPSA) is 72.9 Å². The molecule has 3 aromatic rings. The van der Waals surface area contributed by atoms with Crippen LogP contribution in [-0.4, -0.2) is 15.5 Å². The molecule has 6 heteroatoms. The lowest BCUT2D eigenvalue weighted by molar-refractivity contribution is -0.121. The van der Waals surface area contributed by atoms with Crippen molar-refractivity contribution in [2.75, 3.05) is 5.73 Å². The van der Waals surface area contributed by atoms with Gasteiger partial charge in [-0.2, -0.15) is 0 Å². The normalized spacial score (nSPS) is 11.9. The van der Waals surface area contributed by atoms with Crippen LogP contribution in [0.4, 0.5) is 10.1 Å². The zero-order chi connectivity index (χ0) is 17.8. The first-order chi connectivity index (χ1) is 12.0. The number of aromatic nitrogens is 2. The van der Waals surface area contributed by atoms with Crippen LogP contribution < -0.4 is 11.1 Å². The average molecular weight is 338 g/mol. The number of imidazole rings is 1. The molecular weight excluding hydrogens is 319 g/mol. The van der Waals surface area contributed by atoms with Crippen molar-refractivity contribution in [1.82, 2.24) is 14.9 Å². The second-order valence-electron chi connectivity index (χ2n) is 5.84. The van der Waals surface area contributed by atoms with Gasteiger partial charge in [0, 0.05) is 30.7 Å². The molecule has 1 heterocycles. The molecule has 0 aliphatic carbocycles. The summed E-state index contributed by atoms with van der Waals surface area (Å²) >= 11 is 0. The number of nitrogens with two attached hydrogens (primary N) is 1. The summed E-state index contributed by atoms with van der Waals surface area (Å²) in [4.78, 5) is 16.8. The predicted molar refractivity (Wildman–Crippen MR) is 94.2 cm³/mol. The molecule has 5 nitrogen and oxygen atoms in total. The van der Waals surface area contributed by atoms with Crippen LogP contribution in [0.2, 0.25) is 0 Å². The number of hydrogen-bond acceptors (Lipinski definition) is 3. The summed E-state index contributed by atoms with van der Waals surface area (Å²) in [6.07, 6.45) is 3.56. The standard InChI is InChI=1S/C19H19FN4O/c1-24-11-10-22-19(24)18(15-4-2-3-5-16(15)20)23-17(25)12-13-6-8-14(21)9-7-13/h2-11,18H,12,21H2,1H3,(H,23,25). The SMILES string of the molecule is Cn1ccnc1C(NC(=O)Cc1ccc(N)cc1)c1ccccc1F. The minimum absolute atomic E-state index is 0.176. The highest BCUT2D eigenvalue weighted by Crippen LogP contribution is 2.23. The van der Waals surface area contributed by atoms with Gasteiger partial charge in [-0.15, -0.1) is 0 Å². The fourth-order valence-electron chi connectivity index (χ4n) is 2.68. The van der Waals surface area contributed by atoms with Gasteiger partial charge in [-0.05, 0) is 23.8 Å². The number of amides is 1. The van der Waals surface area contributed by atoms with Gasteiger partial charge in [-0.3, -0.25) is 4.79 Å². The van der Waals surface area contributed by atoms with Crippen molar-refractivity contribution in [1.29, 1.82) is 0 Å². The Balaban J connectivity index is 1.85. The van der Waals surface area contributed by atoms with Crippen LogP contribution in [0.5, 0.6) is 0 Å². The molecule has 0 radical (unpaired) electrons. The van der Waals surface area contributed by atoms with Crippen LogP contribution >= 0.6 is 0 Å². The lowest BCUT2D eigenvalue weighted by Crippen LogP contribution is -2.32. The number of aryl methyl sites for hydroxylation is 1. The second-order valence-corrected chi connectivity index (χ2v) is 5.84. The lowest BCUT2D eigenvalue weighted by Gasteiger charge is -2.19. The van der Waals surface area contributed by atoms with Crippen molar-refractivity contribution >= 4 is 11.6 Å². The van der Waals surface area contributed by atoms with Gasteiger partial charge in [-0.25, -0.2) is 9.37 Å². The van der Waals surface area contributed by atoms with E-state index in [4.69, 9.17) is 5.73 Å². The highest BCUT2D eigenvalue weighted by Gasteiger charge is 2.23. The van der Waals surface area contributed by atoms with Gasteiger partial charge in [0.2, 0.25) is 5.91 Å². The highest BCUT2D eigenvalue weighted by atomic mass is 19.1. The van der Waals surface area contributed by atoms with Crippen LogP contribution in [0.15, 0.2) is 60.9 Å². The van der Waals surface area contributed by atoms with E-state index >= 15 is 0 Å². The first-order valence-electron chi connectivity index (χ1n) is 7.90. The number of benzene rings is 2. The molecule has 0 aliphatic rings. The van der Waals surface area contributed by atoms with E-state index in [1.807, 2.05) is 7.05 Å². The fraction of sp³-hybridized carbons (Fsp3) is 0.158. The molecule has 128 valence electrons. The van der Waals surface area contributed by atoms with Crippen LogP contribution in [0.3, 0.4) is 0 Å². The lowest BCUT2D eigenvalue weighted by atomic mass is 10.0. The van der Waals surface area contributed by atoms with Gasteiger partial charge in [-0.1, -0.05) is 30.3 Å². The molecule has 1 unspecified atom stereocenters. The Labute approximate surface area is 145 Å². The molecule has 3 N–H and O–H groups in total. The molecule has 0 fully saturated rings. The third-order valence-corrected chi connectivity index (χ3v) is 3.98. The number of halogens is 1. The van der Waals surface area contributed by atoms with Crippen molar-refractivity contribution < 1.29 is 9.18 Å². The van der Waals surface area contributed by atoms with Crippen LogP contribution in [-0.2, 0) is 18.3 Å². The molecule has 2 aromatic carbocycles. The Bertz CT molecular complexity index is 873. The Morgan fingerprint density at radius 2 is 1.96 bits per heavy atom. The molecule has 0 saturated heterocycles. The summed E-state index contributed by atoms with van der Waals surface area (Å²) in [5.74, 6) is -0.0416. The fourth-order valence-corrected chi connectivity index (χ4v) is 2.68. The number of anilines is 1. The van der Waals surface area contributed by atoms with Gasteiger partial charge in [0.05, 0.1) is 6.42 Å². The Hall–Kier alpha value is -3.15. The largest absolute Gasteiger partial charge is 0.399 e. The highest BCUT2D eigenvalue weighted by molar-refractivity contribution is 5.79. The molecule has 0 saturated carbocycles. The van der Waals surface area contributed by atoms with Crippen molar-refractivity contribution in [3.63, 3.8) is 0 Å². The second kappa shape index (κ2) is 7.17. The monoisotopic (exact) mass is 338 g/mol. The summed E-state index contributed by atoms with van der Waals surface area (Å²) in [7, 11) is 1.81. The summed E-state index contributed by atoms with van der Waals surface area (Å²) in [5, 5.41) is 2.89. The average Bonchev–Trinajstić information content (AvgIpc) is 3.01. The first kappa shape index (κ1) is 16.7. The van der Waals surface area contributed by atoms with Gasteiger partial charge in [0.1, 0.15) is 17.7 Å². The van der Waals surface area contributed by atoms with E-state index in [-0.39, 0.29) is 18.1 Å². The van der Waals surface area contributed by atoms with Gasteiger partial charge in [0.15, 0.2) is 0 Å². The predicted octanol–water partition coefficient (Wildman–Crippen LogP) is 2.59. The summed E-state index contributed by atoms with van der Waals surface area (Å²) in [6, 6.07) is 12.8. The third kappa shape index (κ3) is 3.85. The molecule has 25 heavy (non-hydrogen) atoms. The van der Waals surface area contributed by atoms with Crippen LogP contribution in [0.1, 0.15) is 23.0 Å². The number of rotatable bonds is 5. The quantitative estimate of drug-likeness (QED) is 0.702. The maximum absolute atomic E-state index is 14.3. The number of carbonyl (C=O) groups is 1. The Morgan fingerprint density at radius 1 is 1.24 bits per heavy atom. The van der Waals surface area contributed by atoms with E-state index in [2.05, 4.69) is 10.3 Å². The summed E-state index contributed by atoms with van der Waals surface area (Å²) < 4.78 is 16.0. The number of nitrogen functional groups attached to an aromatic ring is 1. The van der Waals surface area contributed by atoms with Gasteiger partial charge >= 0.3 is 0 Å². The number of nitrogens with zero attached hydrogens (tertiary/aromatic N) is 2. The molecule has 0 spiro atoms. The van der Waals surface area contributed by atoms with Crippen molar-refractivity contribution in [3.05, 3.63) is 83.7 Å². The van der Waals surface area contributed by atoms with Crippen LogP contribution in [0, 0.1) is 5.82 Å². The third-order valence-electron chi connectivity index (χ3n) is 3.98. The van der Waals surface area contributed by atoms with E-state index in [0.29, 0.717) is 17.1 Å². The molecule has 1 atom stereocenters. The summed E-state index contributed by atoms with van der Waals surface area (Å²) in [5.41, 5.74) is 7.51. The molecular formula is C19H19FN4O. The Morgan fingerprint density at radius 3 is 2.60 bits per heavy atom. The number of carbonyl (C=O) groups excluding carboxylic acids is 1. The number of hydrogen-bond donors (Lipinski definition) is 2. The molecule has 1 amide bonds. The molecule has 1 aromatic heterocycles. The van der Waals surface area contributed by atoms with Crippen molar-refractivity contribution in [3.8, 4) is 0 Å². The smallest absolute Gasteiger partial charge is 0.225 e. The van der Waals surface area contributed by atoms with Crippen molar-refractivity contribution in [2.24, 2.45) is 7.05 Å². The van der Waals surface area contributed by atoms with E-state index in [9.17, 15) is 9.18 Å². The molecule has 3 rings (SSSR count). The van der Waals surface area contributed by atoms with E-state index in [1.54, 1.807) is 59.4 Å². The van der Waals surface area contributed by atoms with Gasteiger partial charge in [0.25, 0.3) is 0 Å². The molecule has 0 bridgehead atoms. The minimum Gasteiger partial charge on any atom is -0.399 e. The van der Waals surface area contributed by atoms with Crippen molar-refractivity contribution in [2.45, 2.75) is 12.5 Å². The Kier molecular flexibility index (Phi) is 4.79. The minimum atomic E-state index is -0.664.